The number of ketones is 1. The molecule has 0 spiro atoms. The van der Waals surface area contributed by atoms with E-state index in [1.54, 1.807) is 21.1 Å². The van der Waals surface area contributed by atoms with E-state index in [1.807, 2.05) is 0 Å². The quantitative estimate of drug-likeness (QED) is 0.585. The number of methoxy groups -OCH3 is 3. The van der Waals surface area contributed by atoms with Gasteiger partial charge in [-0.25, -0.2) is 0 Å². The van der Waals surface area contributed by atoms with Crippen molar-refractivity contribution >= 4 is 11.8 Å². The molecular formula is C15H22O5. The van der Waals surface area contributed by atoms with Gasteiger partial charge >= 0.3 is 5.97 Å². The number of Topliss-reactive ketones (excluding diaryl/α,β-unsaturated/α-hetero) is 1. The average molecular weight is 282 g/mol. The van der Waals surface area contributed by atoms with Gasteiger partial charge in [-0.3, -0.25) is 9.59 Å². The van der Waals surface area contributed by atoms with Crippen LogP contribution in [0.1, 0.15) is 39.0 Å². The van der Waals surface area contributed by atoms with Crippen LogP contribution in [0.3, 0.4) is 0 Å². The third kappa shape index (κ3) is 2.09. The van der Waals surface area contributed by atoms with Crippen molar-refractivity contribution in [2.24, 2.45) is 5.41 Å². The summed E-state index contributed by atoms with van der Waals surface area (Å²) in [6, 6.07) is 0. The molecule has 0 radical (unpaired) electrons. The lowest BCUT2D eigenvalue weighted by Crippen LogP contribution is -2.51. The topological polar surface area (TPSA) is 61.8 Å². The van der Waals surface area contributed by atoms with Gasteiger partial charge in [0.05, 0.1) is 12.5 Å². The lowest BCUT2D eigenvalue weighted by atomic mass is 9.61. The van der Waals surface area contributed by atoms with Gasteiger partial charge in [-0.05, 0) is 30.9 Å². The first-order valence-electron chi connectivity index (χ1n) is 6.87. The summed E-state index contributed by atoms with van der Waals surface area (Å²) < 4.78 is 16.1. The Morgan fingerprint density at radius 2 is 1.75 bits per heavy atom. The number of carbonyl (C=O) groups excluding carboxylic acids is 2. The minimum absolute atomic E-state index is 0.127. The first-order valence-corrected chi connectivity index (χ1v) is 6.87. The molecule has 2 aliphatic rings. The van der Waals surface area contributed by atoms with Crippen LogP contribution in [0.5, 0.6) is 0 Å². The minimum Gasteiger partial charge on any atom is -0.468 e. The van der Waals surface area contributed by atoms with Crippen LogP contribution in [0, 0.1) is 5.41 Å². The van der Waals surface area contributed by atoms with Crippen molar-refractivity contribution in [2.45, 2.75) is 44.8 Å². The summed E-state index contributed by atoms with van der Waals surface area (Å²) in [5, 5.41) is 0. The van der Waals surface area contributed by atoms with Crippen LogP contribution in [-0.2, 0) is 23.8 Å². The number of esters is 1. The number of rotatable bonds is 3. The Hall–Kier alpha value is -1.20. The van der Waals surface area contributed by atoms with Gasteiger partial charge in [0, 0.05) is 33.5 Å². The second-order valence-electron chi connectivity index (χ2n) is 5.60. The lowest BCUT2D eigenvalue weighted by Gasteiger charge is -2.48. The van der Waals surface area contributed by atoms with E-state index in [2.05, 4.69) is 0 Å². The zero-order valence-corrected chi connectivity index (χ0v) is 12.6. The smallest absolute Gasteiger partial charge is 0.316 e. The summed E-state index contributed by atoms with van der Waals surface area (Å²) in [7, 11) is 4.56. The largest absolute Gasteiger partial charge is 0.468 e. The van der Waals surface area contributed by atoms with Gasteiger partial charge in [0.1, 0.15) is 0 Å². The van der Waals surface area contributed by atoms with E-state index in [-0.39, 0.29) is 11.8 Å². The SMILES string of the molecule is COC(=O)C12CCC(=O)C(C)=C1CCC(OC)(OC)C2. The van der Waals surface area contributed by atoms with Gasteiger partial charge in [-0.1, -0.05) is 0 Å². The Labute approximate surface area is 119 Å². The highest BCUT2D eigenvalue weighted by atomic mass is 16.7. The molecule has 0 saturated heterocycles. The Bertz CT molecular complexity index is 461. The molecule has 0 aromatic carbocycles. The maximum absolute atomic E-state index is 12.4. The van der Waals surface area contributed by atoms with Gasteiger partial charge in [0.2, 0.25) is 0 Å². The molecule has 0 aliphatic heterocycles. The molecule has 1 unspecified atom stereocenters. The molecule has 0 N–H and O–H groups in total. The summed E-state index contributed by atoms with van der Waals surface area (Å²) in [6.07, 6.45) is 2.50. The van der Waals surface area contributed by atoms with Gasteiger partial charge in [-0.15, -0.1) is 0 Å². The fourth-order valence-corrected chi connectivity index (χ4v) is 3.60. The zero-order valence-electron chi connectivity index (χ0n) is 12.6. The lowest BCUT2D eigenvalue weighted by molar-refractivity contribution is -0.238. The molecule has 2 rings (SSSR count). The van der Waals surface area contributed by atoms with Crippen LogP contribution in [0.25, 0.3) is 0 Å². The van der Waals surface area contributed by atoms with Gasteiger partial charge in [-0.2, -0.15) is 0 Å². The van der Waals surface area contributed by atoms with Crippen molar-refractivity contribution in [2.75, 3.05) is 21.3 Å². The van der Waals surface area contributed by atoms with Crippen molar-refractivity contribution in [3.05, 3.63) is 11.1 Å². The first kappa shape index (κ1) is 15.2. The van der Waals surface area contributed by atoms with E-state index < -0.39 is 11.2 Å². The van der Waals surface area contributed by atoms with Gasteiger partial charge in [0.15, 0.2) is 11.6 Å². The molecule has 112 valence electrons. The zero-order chi connectivity index (χ0) is 15.0. The maximum atomic E-state index is 12.4. The highest BCUT2D eigenvalue weighted by Crippen LogP contribution is 2.53. The maximum Gasteiger partial charge on any atom is 0.316 e. The second-order valence-corrected chi connectivity index (χ2v) is 5.60. The molecular weight excluding hydrogens is 260 g/mol. The summed E-state index contributed by atoms with van der Waals surface area (Å²) in [5.41, 5.74) is 0.838. The van der Waals surface area contributed by atoms with E-state index in [0.29, 0.717) is 37.7 Å². The van der Waals surface area contributed by atoms with Crippen molar-refractivity contribution in [3.63, 3.8) is 0 Å². The highest BCUT2D eigenvalue weighted by Gasteiger charge is 2.55. The van der Waals surface area contributed by atoms with Crippen LogP contribution in [0.15, 0.2) is 11.1 Å². The molecule has 0 bridgehead atoms. The predicted octanol–water partition coefficient (Wildman–Crippen LogP) is 2.00. The molecule has 0 amide bonds. The second kappa shape index (κ2) is 5.30. The third-order valence-corrected chi connectivity index (χ3v) is 4.87. The highest BCUT2D eigenvalue weighted by molar-refractivity contribution is 5.99. The molecule has 1 atom stereocenters. The molecule has 5 heteroatoms. The molecule has 20 heavy (non-hydrogen) atoms. The van der Waals surface area contributed by atoms with Crippen LogP contribution < -0.4 is 0 Å². The molecule has 2 aliphatic carbocycles. The summed E-state index contributed by atoms with van der Waals surface area (Å²) >= 11 is 0. The summed E-state index contributed by atoms with van der Waals surface area (Å²) in [4.78, 5) is 24.3. The van der Waals surface area contributed by atoms with Crippen LogP contribution in [0.4, 0.5) is 0 Å². The molecule has 1 saturated carbocycles. The van der Waals surface area contributed by atoms with Crippen LogP contribution >= 0.6 is 0 Å². The molecule has 0 aromatic rings. The fourth-order valence-electron chi connectivity index (χ4n) is 3.60. The van der Waals surface area contributed by atoms with Crippen LogP contribution in [-0.4, -0.2) is 38.9 Å². The van der Waals surface area contributed by atoms with Crippen molar-refractivity contribution in [3.8, 4) is 0 Å². The normalized spacial score (nSPS) is 29.1. The molecule has 5 nitrogen and oxygen atoms in total. The summed E-state index contributed by atoms with van der Waals surface area (Å²) in [5.74, 6) is -0.947. The van der Waals surface area contributed by atoms with E-state index in [9.17, 15) is 9.59 Å². The summed E-state index contributed by atoms with van der Waals surface area (Å²) in [6.45, 7) is 1.81. The molecule has 1 fully saturated rings. The number of hydrogen-bond acceptors (Lipinski definition) is 5. The Morgan fingerprint density at radius 1 is 1.10 bits per heavy atom. The number of hydrogen-bond donors (Lipinski definition) is 0. The Balaban J connectivity index is 2.51. The Morgan fingerprint density at radius 3 is 2.30 bits per heavy atom. The van der Waals surface area contributed by atoms with E-state index in [1.165, 1.54) is 7.11 Å². The van der Waals surface area contributed by atoms with Crippen molar-refractivity contribution in [1.82, 2.24) is 0 Å². The van der Waals surface area contributed by atoms with E-state index >= 15 is 0 Å². The number of carbonyl (C=O) groups is 2. The predicted molar refractivity (Wildman–Crippen MR) is 72.0 cm³/mol. The first-order chi connectivity index (χ1) is 9.44. The van der Waals surface area contributed by atoms with Crippen LogP contribution in [0.2, 0.25) is 0 Å². The van der Waals surface area contributed by atoms with Crippen molar-refractivity contribution in [1.29, 1.82) is 0 Å². The molecule has 0 aromatic heterocycles. The van der Waals surface area contributed by atoms with Crippen molar-refractivity contribution < 1.29 is 23.8 Å². The van der Waals surface area contributed by atoms with Gasteiger partial charge in [0.25, 0.3) is 0 Å². The number of allylic oxidation sites excluding steroid dienone is 1. The monoisotopic (exact) mass is 282 g/mol. The Kier molecular flexibility index (Phi) is 4.02. The molecule has 0 heterocycles. The van der Waals surface area contributed by atoms with E-state index in [4.69, 9.17) is 14.2 Å². The standard InChI is InChI=1S/C15H22O5/c1-10-11-5-8-15(19-3,20-4)9-14(11,13(17)18-2)7-6-12(10)16/h5-9H2,1-4H3. The number of ether oxygens (including phenoxy) is 3. The number of fused-ring (bicyclic) bond motifs is 1. The van der Waals surface area contributed by atoms with E-state index in [0.717, 1.165) is 5.57 Å². The average Bonchev–Trinajstić information content (AvgIpc) is 2.49. The fraction of sp³-hybridized carbons (Fsp3) is 0.733. The minimum atomic E-state index is -0.781. The third-order valence-electron chi connectivity index (χ3n) is 4.87. The van der Waals surface area contributed by atoms with Gasteiger partial charge < -0.3 is 14.2 Å².